The number of nitrogens with one attached hydrogen (secondary N) is 1. The summed E-state index contributed by atoms with van der Waals surface area (Å²) < 4.78 is 7.04. The zero-order valence-electron chi connectivity index (χ0n) is 15.4. The molecule has 2 aliphatic heterocycles. The monoisotopic (exact) mass is 371 g/mol. The van der Waals surface area contributed by atoms with Crippen molar-refractivity contribution in [2.45, 2.75) is 12.8 Å². The number of imidazole rings is 1. The van der Waals surface area contributed by atoms with Gasteiger partial charge in [0.15, 0.2) is 5.69 Å². The quantitative estimate of drug-likeness (QED) is 0.834. The first-order chi connectivity index (χ1) is 13.2. The molecular weight excluding hydrogens is 346 g/mol. The van der Waals surface area contributed by atoms with E-state index < -0.39 is 0 Å². The van der Waals surface area contributed by atoms with E-state index in [1.165, 1.54) is 0 Å². The number of nitrogens with zero attached hydrogens (tertiary/aromatic N) is 4. The number of morpholine rings is 1. The Hall–Kier alpha value is -2.45. The molecule has 2 amide bonds. The predicted octanol–water partition coefficient (Wildman–Crippen LogP) is 0.632. The maximum atomic E-state index is 12.8. The lowest BCUT2D eigenvalue weighted by Crippen LogP contribution is -2.41. The number of rotatable bonds is 5. The number of carbonyl (C=O) groups excluding carboxylic acids is 2. The van der Waals surface area contributed by atoms with Crippen molar-refractivity contribution < 1.29 is 14.3 Å². The van der Waals surface area contributed by atoms with E-state index in [0.717, 1.165) is 58.8 Å². The van der Waals surface area contributed by atoms with Crippen molar-refractivity contribution >= 4 is 17.3 Å². The lowest BCUT2D eigenvalue weighted by Gasteiger charge is -2.26. The standard InChI is InChI=1S/C19H25N5O3/c25-18(20-6-10-22-11-13-27-14-12-22)17-21-16(15-5-1-2-9-24(15)17)19(26)23-7-3-4-8-23/h1-2,5,9H,3-4,6-8,10-14H2,(H,20,25). The van der Waals surface area contributed by atoms with Gasteiger partial charge in [0.1, 0.15) is 0 Å². The molecule has 0 atom stereocenters. The van der Waals surface area contributed by atoms with Crippen LogP contribution >= 0.6 is 0 Å². The summed E-state index contributed by atoms with van der Waals surface area (Å²) in [5, 5.41) is 2.93. The number of aromatic nitrogens is 2. The van der Waals surface area contributed by atoms with Gasteiger partial charge >= 0.3 is 0 Å². The molecule has 144 valence electrons. The SMILES string of the molecule is O=C(NCCN1CCOCC1)c1nc(C(=O)N2CCCC2)c2ccccn12. The van der Waals surface area contributed by atoms with E-state index in [-0.39, 0.29) is 17.6 Å². The van der Waals surface area contributed by atoms with E-state index in [4.69, 9.17) is 4.74 Å². The third-order valence-corrected chi connectivity index (χ3v) is 5.16. The van der Waals surface area contributed by atoms with Gasteiger partial charge in [-0.1, -0.05) is 6.07 Å². The Kier molecular flexibility index (Phi) is 5.35. The molecular formula is C19H25N5O3. The summed E-state index contributed by atoms with van der Waals surface area (Å²) in [4.78, 5) is 34.0. The highest BCUT2D eigenvalue weighted by atomic mass is 16.5. The third kappa shape index (κ3) is 3.81. The minimum absolute atomic E-state index is 0.0939. The third-order valence-electron chi connectivity index (χ3n) is 5.16. The van der Waals surface area contributed by atoms with Crippen LogP contribution in [0.15, 0.2) is 24.4 Å². The largest absolute Gasteiger partial charge is 0.379 e. The minimum atomic E-state index is -0.259. The second-order valence-corrected chi connectivity index (χ2v) is 6.95. The summed E-state index contributed by atoms with van der Waals surface area (Å²) in [6.45, 7) is 6.07. The molecule has 0 saturated carbocycles. The molecule has 2 aromatic heterocycles. The molecule has 1 N–H and O–H groups in total. The number of likely N-dealkylation sites (tertiary alicyclic amines) is 1. The molecule has 0 aliphatic carbocycles. The fraction of sp³-hybridized carbons (Fsp3) is 0.526. The Morgan fingerprint density at radius 2 is 1.89 bits per heavy atom. The summed E-state index contributed by atoms with van der Waals surface area (Å²) in [5.41, 5.74) is 1.03. The number of hydrogen-bond acceptors (Lipinski definition) is 5. The number of amides is 2. The Balaban J connectivity index is 1.49. The van der Waals surface area contributed by atoms with Crippen molar-refractivity contribution in [1.29, 1.82) is 0 Å². The molecule has 8 heteroatoms. The maximum Gasteiger partial charge on any atom is 0.287 e. The van der Waals surface area contributed by atoms with Gasteiger partial charge in [-0.2, -0.15) is 0 Å². The Bertz CT molecular complexity index is 822. The summed E-state index contributed by atoms with van der Waals surface area (Å²) in [7, 11) is 0. The van der Waals surface area contributed by atoms with Crippen molar-refractivity contribution in [3.63, 3.8) is 0 Å². The van der Waals surface area contributed by atoms with Crippen LogP contribution in [-0.4, -0.2) is 83.5 Å². The summed E-state index contributed by atoms with van der Waals surface area (Å²) in [6.07, 6.45) is 3.82. The van der Waals surface area contributed by atoms with Crippen LogP contribution in [-0.2, 0) is 4.74 Å². The lowest BCUT2D eigenvalue weighted by atomic mass is 10.3. The van der Waals surface area contributed by atoms with Gasteiger partial charge < -0.3 is 15.0 Å². The fourth-order valence-electron chi connectivity index (χ4n) is 3.66. The fourth-order valence-corrected chi connectivity index (χ4v) is 3.66. The molecule has 0 aromatic carbocycles. The van der Waals surface area contributed by atoms with Gasteiger partial charge in [0.2, 0.25) is 5.82 Å². The molecule has 8 nitrogen and oxygen atoms in total. The van der Waals surface area contributed by atoms with E-state index in [1.807, 2.05) is 23.1 Å². The van der Waals surface area contributed by atoms with Crippen molar-refractivity contribution in [3.05, 3.63) is 35.9 Å². The van der Waals surface area contributed by atoms with Gasteiger partial charge in [0.05, 0.1) is 18.7 Å². The second-order valence-electron chi connectivity index (χ2n) is 6.95. The number of ether oxygens (including phenoxy) is 1. The van der Waals surface area contributed by atoms with E-state index in [0.29, 0.717) is 17.8 Å². The average molecular weight is 371 g/mol. The Morgan fingerprint density at radius 1 is 1.11 bits per heavy atom. The average Bonchev–Trinajstić information content (AvgIpc) is 3.37. The predicted molar refractivity (Wildman–Crippen MR) is 99.9 cm³/mol. The van der Waals surface area contributed by atoms with E-state index in [2.05, 4.69) is 15.2 Å². The van der Waals surface area contributed by atoms with Gasteiger partial charge in [0, 0.05) is 45.5 Å². The Morgan fingerprint density at radius 3 is 2.67 bits per heavy atom. The number of fused-ring (bicyclic) bond motifs is 1. The van der Waals surface area contributed by atoms with Crippen LogP contribution in [0.2, 0.25) is 0 Å². The maximum absolute atomic E-state index is 12.8. The first-order valence-electron chi connectivity index (χ1n) is 9.59. The molecule has 2 saturated heterocycles. The van der Waals surface area contributed by atoms with Crippen LogP contribution in [0.4, 0.5) is 0 Å². The first kappa shape index (κ1) is 17.9. The first-order valence-corrected chi connectivity index (χ1v) is 9.59. The van der Waals surface area contributed by atoms with Gasteiger partial charge in [-0.3, -0.25) is 18.9 Å². The lowest BCUT2D eigenvalue weighted by molar-refractivity contribution is 0.0383. The molecule has 0 spiro atoms. The molecule has 2 aliphatic rings. The minimum Gasteiger partial charge on any atom is -0.379 e. The molecule has 0 bridgehead atoms. The molecule has 2 aromatic rings. The summed E-state index contributed by atoms with van der Waals surface area (Å²) in [5.74, 6) is -0.0939. The van der Waals surface area contributed by atoms with Crippen LogP contribution in [0, 0.1) is 0 Å². The van der Waals surface area contributed by atoms with Crippen molar-refractivity contribution in [3.8, 4) is 0 Å². The molecule has 27 heavy (non-hydrogen) atoms. The highest BCUT2D eigenvalue weighted by Crippen LogP contribution is 2.18. The van der Waals surface area contributed by atoms with Gasteiger partial charge in [-0.15, -0.1) is 0 Å². The zero-order valence-corrected chi connectivity index (χ0v) is 15.4. The number of carbonyl (C=O) groups is 2. The van der Waals surface area contributed by atoms with Crippen LogP contribution in [0.5, 0.6) is 0 Å². The van der Waals surface area contributed by atoms with Gasteiger partial charge in [-0.05, 0) is 25.0 Å². The van der Waals surface area contributed by atoms with Gasteiger partial charge in [0.25, 0.3) is 11.8 Å². The van der Waals surface area contributed by atoms with E-state index in [9.17, 15) is 9.59 Å². The van der Waals surface area contributed by atoms with Crippen molar-refractivity contribution in [2.24, 2.45) is 0 Å². The highest BCUT2D eigenvalue weighted by Gasteiger charge is 2.26. The van der Waals surface area contributed by atoms with Gasteiger partial charge in [-0.25, -0.2) is 4.98 Å². The molecule has 4 heterocycles. The van der Waals surface area contributed by atoms with E-state index in [1.54, 1.807) is 10.6 Å². The molecule has 4 rings (SSSR count). The van der Waals surface area contributed by atoms with Crippen LogP contribution in [0.3, 0.4) is 0 Å². The number of hydrogen-bond donors (Lipinski definition) is 1. The number of pyridine rings is 1. The molecule has 0 unspecified atom stereocenters. The zero-order chi connectivity index (χ0) is 18.6. The van der Waals surface area contributed by atoms with Crippen LogP contribution < -0.4 is 5.32 Å². The van der Waals surface area contributed by atoms with E-state index >= 15 is 0 Å². The van der Waals surface area contributed by atoms with Crippen LogP contribution in [0.1, 0.15) is 33.9 Å². The summed E-state index contributed by atoms with van der Waals surface area (Å²) >= 11 is 0. The second kappa shape index (κ2) is 8.06. The topological polar surface area (TPSA) is 79.2 Å². The highest BCUT2D eigenvalue weighted by molar-refractivity contribution is 6.02. The summed E-state index contributed by atoms with van der Waals surface area (Å²) in [6, 6.07) is 5.53. The molecule has 2 fully saturated rings. The van der Waals surface area contributed by atoms with Crippen LogP contribution in [0.25, 0.3) is 5.52 Å². The molecule has 0 radical (unpaired) electrons. The normalized spacial score (nSPS) is 18.1. The Labute approximate surface area is 158 Å². The van der Waals surface area contributed by atoms with Crippen molar-refractivity contribution in [2.75, 3.05) is 52.5 Å². The van der Waals surface area contributed by atoms with Crippen molar-refractivity contribution in [1.82, 2.24) is 24.5 Å². The smallest absolute Gasteiger partial charge is 0.287 e.